The lowest BCUT2D eigenvalue weighted by Gasteiger charge is -1.94. The van der Waals surface area contributed by atoms with Gasteiger partial charge in [-0.3, -0.25) is 4.79 Å². The molecule has 0 saturated carbocycles. The highest BCUT2D eigenvalue weighted by molar-refractivity contribution is 7.09. The van der Waals surface area contributed by atoms with Gasteiger partial charge < -0.3 is 5.32 Å². The molecule has 0 unspecified atom stereocenters. The number of thiazole rings is 1. The standard InChI is InChI=1S/C7H6N2OS/c1-2-6(10)9-5-7-8-3-4-11-7/h1,3-4H,5H2,(H,9,10). The summed E-state index contributed by atoms with van der Waals surface area (Å²) < 4.78 is 0. The molecule has 11 heavy (non-hydrogen) atoms. The molecule has 1 N–H and O–H groups in total. The van der Waals surface area contributed by atoms with E-state index in [-0.39, 0.29) is 0 Å². The van der Waals surface area contributed by atoms with Crippen LogP contribution < -0.4 is 5.32 Å². The molecule has 0 atom stereocenters. The number of carbonyl (C=O) groups excluding carboxylic acids is 1. The number of carbonyl (C=O) groups is 1. The number of rotatable bonds is 2. The molecule has 1 heterocycles. The van der Waals surface area contributed by atoms with Gasteiger partial charge in [0.2, 0.25) is 0 Å². The highest BCUT2D eigenvalue weighted by Crippen LogP contribution is 2.01. The van der Waals surface area contributed by atoms with Crippen LogP contribution >= 0.6 is 11.3 Å². The van der Waals surface area contributed by atoms with Gasteiger partial charge in [-0.2, -0.15) is 0 Å². The SMILES string of the molecule is C#CC(=O)NCc1nccs1. The van der Waals surface area contributed by atoms with Gasteiger partial charge in [-0.15, -0.1) is 17.8 Å². The first-order chi connectivity index (χ1) is 5.33. The van der Waals surface area contributed by atoms with Crippen LogP contribution in [0.25, 0.3) is 0 Å². The van der Waals surface area contributed by atoms with Gasteiger partial charge in [-0.1, -0.05) is 0 Å². The van der Waals surface area contributed by atoms with E-state index in [2.05, 4.69) is 10.3 Å². The molecule has 1 amide bonds. The Kier molecular flexibility index (Phi) is 2.64. The van der Waals surface area contributed by atoms with Gasteiger partial charge in [0.25, 0.3) is 5.91 Å². The van der Waals surface area contributed by atoms with Crippen molar-refractivity contribution in [2.24, 2.45) is 0 Å². The molecule has 3 nitrogen and oxygen atoms in total. The molecule has 0 fully saturated rings. The molecule has 0 saturated heterocycles. The second kappa shape index (κ2) is 3.74. The first-order valence-corrected chi connectivity index (χ1v) is 3.83. The molecule has 0 radical (unpaired) electrons. The van der Waals surface area contributed by atoms with Gasteiger partial charge in [0, 0.05) is 11.6 Å². The summed E-state index contributed by atoms with van der Waals surface area (Å²) in [7, 11) is 0. The summed E-state index contributed by atoms with van der Waals surface area (Å²) in [5.74, 6) is 1.55. The monoisotopic (exact) mass is 166 g/mol. The highest BCUT2D eigenvalue weighted by Gasteiger charge is 1.96. The predicted molar refractivity (Wildman–Crippen MR) is 42.8 cm³/mol. The maximum absolute atomic E-state index is 10.5. The largest absolute Gasteiger partial charge is 0.339 e. The lowest BCUT2D eigenvalue weighted by Crippen LogP contribution is -2.20. The van der Waals surface area contributed by atoms with E-state index in [4.69, 9.17) is 6.42 Å². The van der Waals surface area contributed by atoms with Crippen molar-refractivity contribution in [1.29, 1.82) is 0 Å². The minimum absolute atomic E-state index is 0.403. The number of hydrogen-bond donors (Lipinski definition) is 1. The molecule has 1 aromatic heterocycles. The van der Waals surface area contributed by atoms with Crippen molar-refractivity contribution in [3.63, 3.8) is 0 Å². The Bertz CT molecular complexity index is 273. The van der Waals surface area contributed by atoms with Gasteiger partial charge in [0.15, 0.2) is 0 Å². The molecule has 0 aliphatic carbocycles. The molecule has 56 valence electrons. The van der Waals surface area contributed by atoms with E-state index >= 15 is 0 Å². The van der Waals surface area contributed by atoms with Crippen LogP contribution in [0.2, 0.25) is 0 Å². The summed E-state index contributed by atoms with van der Waals surface area (Å²) in [6, 6.07) is 0. The maximum atomic E-state index is 10.5. The molecule has 4 heteroatoms. The summed E-state index contributed by atoms with van der Waals surface area (Å²) in [5.41, 5.74) is 0. The van der Waals surface area contributed by atoms with Crippen LogP contribution in [0.1, 0.15) is 5.01 Å². The second-order valence-corrected chi connectivity index (χ2v) is 2.73. The molecule has 1 rings (SSSR count). The lowest BCUT2D eigenvalue weighted by atomic mass is 10.6. The second-order valence-electron chi connectivity index (χ2n) is 1.75. The van der Waals surface area contributed by atoms with Crippen molar-refractivity contribution in [2.75, 3.05) is 0 Å². The molecule has 1 aromatic rings. The molecule has 0 aliphatic heterocycles. The van der Waals surface area contributed by atoms with Crippen molar-refractivity contribution in [3.8, 4) is 12.3 Å². The zero-order chi connectivity index (χ0) is 8.10. The number of nitrogens with one attached hydrogen (secondary N) is 1. The quantitative estimate of drug-likeness (QED) is 0.646. The fraction of sp³-hybridized carbons (Fsp3) is 0.143. The maximum Gasteiger partial charge on any atom is 0.295 e. The Labute approximate surface area is 68.5 Å². The molecule has 0 aliphatic rings. The van der Waals surface area contributed by atoms with E-state index in [1.165, 1.54) is 11.3 Å². The first kappa shape index (κ1) is 7.76. The van der Waals surface area contributed by atoms with Gasteiger partial charge >= 0.3 is 0 Å². The van der Waals surface area contributed by atoms with Crippen LogP contribution in [0.5, 0.6) is 0 Å². The Morgan fingerprint density at radius 3 is 3.27 bits per heavy atom. The zero-order valence-electron chi connectivity index (χ0n) is 5.70. The summed E-state index contributed by atoms with van der Waals surface area (Å²) in [6.07, 6.45) is 6.52. The van der Waals surface area contributed by atoms with Crippen molar-refractivity contribution < 1.29 is 4.79 Å². The number of amides is 1. The van der Waals surface area contributed by atoms with Crippen LogP contribution in [-0.4, -0.2) is 10.9 Å². The Morgan fingerprint density at radius 1 is 1.91 bits per heavy atom. The topological polar surface area (TPSA) is 42.0 Å². The minimum atomic E-state index is -0.403. The summed E-state index contributed by atoms with van der Waals surface area (Å²) in [6.45, 7) is 0.417. The van der Waals surface area contributed by atoms with Crippen LogP contribution in [0, 0.1) is 12.3 Å². The number of hydrogen-bond acceptors (Lipinski definition) is 3. The number of terminal acetylenes is 1. The van der Waals surface area contributed by atoms with Gasteiger partial charge in [-0.05, 0) is 5.92 Å². The minimum Gasteiger partial charge on any atom is -0.339 e. The Morgan fingerprint density at radius 2 is 2.73 bits per heavy atom. The summed E-state index contributed by atoms with van der Waals surface area (Å²) >= 11 is 1.48. The summed E-state index contributed by atoms with van der Waals surface area (Å²) in [4.78, 5) is 14.5. The number of nitrogens with zero attached hydrogens (tertiary/aromatic N) is 1. The lowest BCUT2D eigenvalue weighted by molar-refractivity contribution is -0.115. The average Bonchev–Trinajstić information content (AvgIpc) is 2.52. The third kappa shape index (κ3) is 2.40. The molecule has 0 aromatic carbocycles. The zero-order valence-corrected chi connectivity index (χ0v) is 6.52. The fourth-order valence-electron chi connectivity index (χ4n) is 0.547. The van der Waals surface area contributed by atoms with E-state index in [1.54, 1.807) is 6.20 Å². The first-order valence-electron chi connectivity index (χ1n) is 2.95. The average molecular weight is 166 g/mol. The van der Waals surface area contributed by atoms with E-state index in [1.807, 2.05) is 11.3 Å². The third-order valence-corrected chi connectivity index (χ3v) is 1.79. The van der Waals surface area contributed by atoms with Gasteiger partial charge in [0.05, 0.1) is 6.54 Å². The predicted octanol–water partition coefficient (Wildman–Crippen LogP) is 0.392. The van der Waals surface area contributed by atoms with Crippen LogP contribution in [0.3, 0.4) is 0 Å². The van der Waals surface area contributed by atoms with E-state index in [9.17, 15) is 4.79 Å². The van der Waals surface area contributed by atoms with Crippen LogP contribution in [-0.2, 0) is 11.3 Å². The van der Waals surface area contributed by atoms with Crippen molar-refractivity contribution in [3.05, 3.63) is 16.6 Å². The highest BCUT2D eigenvalue weighted by atomic mass is 32.1. The van der Waals surface area contributed by atoms with Crippen molar-refractivity contribution in [1.82, 2.24) is 10.3 Å². The summed E-state index contributed by atoms with van der Waals surface area (Å²) in [5, 5.41) is 5.21. The van der Waals surface area contributed by atoms with Crippen molar-refractivity contribution in [2.45, 2.75) is 6.54 Å². The molecular weight excluding hydrogens is 160 g/mol. The number of aromatic nitrogens is 1. The third-order valence-electron chi connectivity index (χ3n) is 1.01. The van der Waals surface area contributed by atoms with Crippen LogP contribution in [0.15, 0.2) is 11.6 Å². The Balaban J connectivity index is 2.36. The molecular formula is C7H6N2OS. The van der Waals surface area contributed by atoms with Crippen LogP contribution in [0.4, 0.5) is 0 Å². The normalized spacial score (nSPS) is 8.64. The van der Waals surface area contributed by atoms with E-state index < -0.39 is 5.91 Å². The van der Waals surface area contributed by atoms with E-state index in [0.717, 1.165) is 5.01 Å². The Hall–Kier alpha value is -1.34. The van der Waals surface area contributed by atoms with Crippen molar-refractivity contribution >= 4 is 17.2 Å². The molecule has 0 spiro atoms. The van der Waals surface area contributed by atoms with Gasteiger partial charge in [0.1, 0.15) is 5.01 Å². The molecule has 0 bridgehead atoms. The van der Waals surface area contributed by atoms with Gasteiger partial charge in [-0.25, -0.2) is 4.98 Å². The smallest absolute Gasteiger partial charge is 0.295 e. The van der Waals surface area contributed by atoms with E-state index in [0.29, 0.717) is 6.54 Å². The fourth-order valence-corrected chi connectivity index (χ4v) is 1.10.